The first-order valence-electron chi connectivity index (χ1n) is 4.57. The van der Waals surface area contributed by atoms with Crippen LogP contribution in [0.3, 0.4) is 0 Å². The van der Waals surface area contributed by atoms with Crippen molar-refractivity contribution in [2.75, 3.05) is 19.6 Å². The molecule has 0 rings (SSSR count). The van der Waals surface area contributed by atoms with E-state index in [0.717, 1.165) is 0 Å². The highest BCUT2D eigenvalue weighted by atomic mass is 15.1. The van der Waals surface area contributed by atoms with Crippen molar-refractivity contribution in [3.8, 4) is 0 Å². The van der Waals surface area contributed by atoms with Gasteiger partial charge in [0.15, 0.2) is 0 Å². The van der Waals surface area contributed by atoms with E-state index in [1.165, 1.54) is 38.9 Å². The third-order valence-electron chi connectivity index (χ3n) is 1.62. The van der Waals surface area contributed by atoms with Gasteiger partial charge >= 0.3 is 0 Å². The van der Waals surface area contributed by atoms with Gasteiger partial charge in [0.2, 0.25) is 0 Å². The van der Waals surface area contributed by atoms with Crippen molar-refractivity contribution in [2.45, 2.75) is 40.0 Å². The molecule has 0 saturated heterocycles. The SMILES string of the molecule is CCCN(CCC)CCC.[C]. The summed E-state index contributed by atoms with van der Waals surface area (Å²) in [5, 5.41) is 0. The first-order chi connectivity index (χ1) is 4.85. The van der Waals surface area contributed by atoms with E-state index < -0.39 is 0 Å². The summed E-state index contributed by atoms with van der Waals surface area (Å²) in [7, 11) is 0. The standard InChI is InChI=1S/C9H21N.C/c1-4-7-10(8-5-2)9-6-3;/h4-9H2,1-3H3;. The molecule has 0 aliphatic heterocycles. The summed E-state index contributed by atoms with van der Waals surface area (Å²) < 4.78 is 0. The van der Waals surface area contributed by atoms with Crippen LogP contribution >= 0.6 is 0 Å². The highest BCUT2D eigenvalue weighted by Gasteiger charge is 1.98. The molecule has 0 spiro atoms. The maximum Gasteiger partial charge on any atom is 0 e. The zero-order chi connectivity index (χ0) is 7.82. The second-order valence-electron chi connectivity index (χ2n) is 2.84. The summed E-state index contributed by atoms with van der Waals surface area (Å²) in [5.41, 5.74) is 0. The lowest BCUT2D eigenvalue weighted by atomic mass is 10.3. The lowest BCUT2D eigenvalue weighted by molar-refractivity contribution is 0.275. The molecule has 0 aromatic rings. The molecule has 1 nitrogen and oxygen atoms in total. The first kappa shape index (κ1) is 13.5. The van der Waals surface area contributed by atoms with Crippen molar-refractivity contribution < 1.29 is 0 Å². The monoisotopic (exact) mass is 155 g/mol. The normalized spacial score (nSPS) is 9.82. The van der Waals surface area contributed by atoms with E-state index in [9.17, 15) is 0 Å². The molecule has 0 aliphatic rings. The molecule has 0 atom stereocenters. The van der Waals surface area contributed by atoms with Gasteiger partial charge in [0, 0.05) is 7.43 Å². The van der Waals surface area contributed by atoms with E-state index in [0.29, 0.717) is 0 Å². The molecular formula is C10H21N. The highest BCUT2D eigenvalue weighted by molar-refractivity contribution is 4.53. The van der Waals surface area contributed by atoms with E-state index in [4.69, 9.17) is 0 Å². The number of hydrogen-bond acceptors (Lipinski definition) is 1. The van der Waals surface area contributed by atoms with Crippen LogP contribution in [0.25, 0.3) is 0 Å². The molecule has 0 unspecified atom stereocenters. The first-order valence-corrected chi connectivity index (χ1v) is 4.57. The van der Waals surface area contributed by atoms with Crippen LogP contribution in [0.2, 0.25) is 0 Å². The molecule has 0 aromatic carbocycles. The Kier molecular flexibility index (Phi) is 12.3. The van der Waals surface area contributed by atoms with E-state index >= 15 is 0 Å². The molecule has 11 heavy (non-hydrogen) atoms. The lowest BCUT2D eigenvalue weighted by Gasteiger charge is -2.19. The minimum absolute atomic E-state index is 0. The molecule has 66 valence electrons. The molecule has 0 heterocycles. The average Bonchev–Trinajstić information content (AvgIpc) is 1.90. The average molecular weight is 155 g/mol. The van der Waals surface area contributed by atoms with E-state index in [2.05, 4.69) is 25.7 Å². The predicted octanol–water partition coefficient (Wildman–Crippen LogP) is 2.60. The van der Waals surface area contributed by atoms with Gasteiger partial charge in [0.1, 0.15) is 0 Å². The van der Waals surface area contributed by atoms with Crippen LogP contribution < -0.4 is 0 Å². The highest BCUT2D eigenvalue weighted by Crippen LogP contribution is 1.94. The minimum Gasteiger partial charge on any atom is -0.303 e. The van der Waals surface area contributed by atoms with Crippen LogP contribution in [-0.2, 0) is 0 Å². The van der Waals surface area contributed by atoms with Crippen LogP contribution in [-0.4, -0.2) is 24.5 Å². The van der Waals surface area contributed by atoms with Crippen molar-refractivity contribution >= 4 is 0 Å². The summed E-state index contributed by atoms with van der Waals surface area (Å²) in [6.45, 7) is 10.6. The van der Waals surface area contributed by atoms with Crippen LogP contribution in [0.15, 0.2) is 0 Å². The Morgan fingerprint density at radius 2 is 1.00 bits per heavy atom. The fraction of sp³-hybridized carbons (Fsp3) is 0.900. The van der Waals surface area contributed by atoms with E-state index in [-0.39, 0.29) is 7.43 Å². The van der Waals surface area contributed by atoms with Crippen molar-refractivity contribution in [2.24, 2.45) is 0 Å². The number of nitrogens with zero attached hydrogens (tertiary/aromatic N) is 1. The summed E-state index contributed by atoms with van der Waals surface area (Å²) in [6, 6.07) is 0. The van der Waals surface area contributed by atoms with Crippen LogP contribution in [0, 0.1) is 7.43 Å². The number of rotatable bonds is 6. The Bertz CT molecular complexity index is 47.6. The van der Waals surface area contributed by atoms with Crippen molar-refractivity contribution in [3.05, 3.63) is 7.43 Å². The van der Waals surface area contributed by atoms with Crippen molar-refractivity contribution in [1.82, 2.24) is 4.90 Å². The van der Waals surface area contributed by atoms with Crippen LogP contribution in [0.4, 0.5) is 0 Å². The summed E-state index contributed by atoms with van der Waals surface area (Å²) in [5.74, 6) is 0. The molecule has 0 aliphatic carbocycles. The summed E-state index contributed by atoms with van der Waals surface area (Å²) >= 11 is 0. The van der Waals surface area contributed by atoms with Gasteiger partial charge in [-0.3, -0.25) is 0 Å². The number of hydrogen-bond donors (Lipinski definition) is 0. The van der Waals surface area contributed by atoms with Gasteiger partial charge in [-0.2, -0.15) is 0 Å². The Balaban J connectivity index is 0. The molecule has 0 saturated carbocycles. The zero-order valence-electron chi connectivity index (χ0n) is 8.19. The third kappa shape index (κ3) is 7.86. The van der Waals surface area contributed by atoms with E-state index in [1.807, 2.05) is 0 Å². The maximum atomic E-state index is 2.54. The maximum absolute atomic E-state index is 2.54. The largest absolute Gasteiger partial charge is 0.303 e. The second-order valence-corrected chi connectivity index (χ2v) is 2.84. The van der Waals surface area contributed by atoms with Gasteiger partial charge < -0.3 is 4.90 Å². The Labute approximate surface area is 72.8 Å². The second kappa shape index (κ2) is 9.96. The molecule has 0 amide bonds. The topological polar surface area (TPSA) is 3.24 Å². The van der Waals surface area contributed by atoms with Crippen molar-refractivity contribution in [3.63, 3.8) is 0 Å². The quantitative estimate of drug-likeness (QED) is 0.570. The molecule has 0 fully saturated rings. The van der Waals surface area contributed by atoms with Gasteiger partial charge in [-0.25, -0.2) is 0 Å². The van der Waals surface area contributed by atoms with Crippen LogP contribution in [0.1, 0.15) is 40.0 Å². The smallest absolute Gasteiger partial charge is 0 e. The molecule has 0 aromatic heterocycles. The Morgan fingerprint density at radius 3 is 1.18 bits per heavy atom. The van der Waals surface area contributed by atoms with E-state index in [1.54, 1.807) is 0 Å². The summed E-state index contributed by atoms with van der Waals surface area (Å²) in [4.78, 5) is 2.54. The van der Waals surface area contributed by atoms with Gasteiger partial charge in [-0.15, -0.1) is 0 Å². The molecule has 1 heteroatoms. The fourth-order valence-electron chi connectivity index (χ4n) is 1.28. The molecule has 0 N–H and O–H groups in total. The minimum atomic E-state index is 0. The molecule has 0 bridgehead atoms. The van der Waals surface area contributed by atoms with Gasteiger partial charge in [0.05, 0.1) is 0 Å². The fourth-order valence-corrected chi connectivity index (χ4v) is 1.28. The van der Waals surface area contributed by atoms with Crippen molar-refractivity contribution in [1.29, 1.82) is 0 Å². The summed E-state index contributed by atoms with van der Waals surface area (Å²) in [6.07, 6.45) is 3.88. The van der Waals surface area contributed by atoms with Crippen LogP contribution in [0.5, 0.6) is 0 Å². The Hall–Kier alpha value is -0.0400. The van der Waals surface area contributed by atoms with Gasteiger partial charge in [0.25, 0.3) is 0 Å². The lowest BCUT2D eigenvalue weighted by Crippen LogP contribution is -2.25. The Morgan fingerprint density at radius 1 is 0.727 bits per heavy atom. The van der Waals surface area contributed by atoms with Gasteiger partial charge in [-0.1, -0.05) is 20.8 Å². The molecule has 4 radical (unpaired) electrons. The van der Waals surface area contributed by atoms with Gasteiger partial charge in [-0.05, 0) is 38.9 Å². The zero-order valence-corrected chi connectivity index (χ0v) is 8.19. The third-order valence-corrected chi connectivity index (χ3v) is 1.62. The molecular weight excluding hydrogens is 134 g/mol. The predicted molar refractivity (Wildman–Crippen MR) is 50.6 cm³/mol.